The minimum atomic E-state index is -4.63. The summed E-state index contributed by atoms with van der Waals surface area (Å²) in [6, 6.07) is 0. The number of likely N-dealkylation sites (N-methyl/N-ethyl adjacent to an activating group) is 1. The van der Waals surface area contributed by atoms with E-state index in [0.29, 0.717) is 23.9 Å². The first-order valence-corrected chi connectivity index (χ1v) is 21.8. The summed E-state index contributed by atoms with van der Waals surface area (Å²) < 4.78 is 33.7. The smallest absolute Gasteiger partial charge is 0.306 e. The molecule has 0 heterocycles. The molecule has 302 valence electrons. The molecule has 0 fully saturated rings. The average Bonchev–Trinajstić information content (AvgIpc) is 3.09. The van der Waals surface area contributed by atoms with Gasteiger partial charge >= 0.3 is 11.9 Å². The fourth-order valence-corrected chi connectivity index (χ4v) is 5.79. The number of unbranched alkanes of at least 4 members (excludes halogenated alkanes) is 14. The van der Waals surface area contributed by atoms with Crippen molar-refractivity contribution in [2.24, 2.45) is 0 Å². The molecule has 0 saturated heterocycles. The van der Waals surface area contributed by atoms with Crippen LogP contribution in [-0.2, 0) is 32.7 Å². The summed E-state index contributed by atoms with van der Waals surface area (Å²) in [5, 5.41) is 0. The molecule has 0 bridgehead atoms. The lowest BCUT2D eigenvalue weighted by atomic mass is 10.1. The maximum atomic E-state index is 12.6. The van der Waals surface area contributed by atoms with Crippen LogP contribution in [0.25, 0.3) is 0 Å². The molecular weight excluding hydrogens is 677 g/mol. The third kappa shape index (κ3) is 37.7. The van der Waals surface area contributed by atoms with E-state index in [4.69, 9.17) is 18.5 Å². The minimum Gasteiger partial charge on any atom is -0.756 e. The number of nitrogens with zero attached hydrogens (tertiary/aromatic N) is 1. The van der Waals surface area contributed by atoms with Gasteiger partial charge in [-0.25, -0.2) is 0 Å². The first-order valence-electron chi connectivity index (χ1n) is 20.3. The molecule has 0 aliphatic carbocycles. The van der Waals surface area contributed by atoms with Gasteiger partial charge in [-0.1, -0.05) is 114 Å². The molecule has 0 N–H and O–H groups in total. The zero-order chi connectivity index (χ0) is 38.6. The second-order valence-corrected chi connectivity index (χ2v) is 16.1. The normalized spacial score (nSPS) is 14.2. The van der Waals surface area contributed by atoms with Crippen LogP contribution in [0.5, 0.6) is 0 Å². The summed E-state index contributed by atoms with van der Waals surface area (Å²) in [4.78, 5) is 37.4. The number of esters is 2. The number of rotatable bonds is 36. The molecule has 0 radical (unpaired) electrons. The molecule has 1 unspecified atom stereocenters. The molecule has 52 heavy (non-hydrogen) atoms. The molecule has 0 saturated carbocycles. The lowest BCUT2D eigenvalue weighted by Crippen LogP contribution is -2.37. The van der Waals surface area contributed by atoms with Gasteiger partial charge in [-0.3, -0.25) is 14.2 Å². The fourth-order valence-electron chi connectivity index (χ4n) is 5.07. The number of carbonyl (C=O) groups is 2. The lowest BCUT2D eigenvalue weighted by Gasteiger charge is -2.28. The van der Waals surface area contributed by atoms with Crippen LogP contribution in [-0.4, -0.2) is 70.0 Å². The van der Waals surface area contributed by atoms with Gasteiger partial charge in [0, 0.05) is 12.8 Å². The van der Waals surface area contributed by atoms with E-state index in [-0.39, 0.29) is 26.1 Å². The van der Waals surface area contributed by atoms with Crippen LogP contribution in [0.1, 0.15) is 155 Å². The lowest BCUT2D eigenvalue weighted by molar-refractivity contribution is -0.870. The molecule has 9 nitrogen and oxygen atoms in total. The van der Waals surface area contributed by atoms with Crippen LogP contribution in [0.15, 0.2) is 48.6 Å². The number of hydrogen-bond acceptors (Lipinski definition) is 8. The van der Waals surface area contributed by atoms with E-state index < -0.39 is 32.5 Å². The van der Waals surface area contributed by atoms with Crippen LogP contribution >= 0.6 is 7.82 Å². The zero-order valence-corrected chi connectivity index (χ0v) is 34.6. The molecule has 0 rings (SSSR count). The highest BCUT2D eigenvalue weighted by Gasteiger charge is 2.21. The van der Waals surface area contributed by atoms with E-state index in [2.05, 4.69) is 62.5 Å². The Hall–Kier alpha value is -2.03. The summed E-state index contributed by atoms with van der Waals surface area (Å²) >= 11 is 0. The highest BCUT2D eigenvalue weighted by atomic mass is 31.2. The Labute approximate surface area is 318 Å². The topological polar surface area (TPSA) is 111 Å². The van der Waals surface area contributed by atoms with E-state index >= 15 is 0 Å². The Bertz CT molecular complexity index is 1030. The zero-order valence-electron chi connectivity index (χ0n) is 33.7. The van der Waals surface area contributed by atoms with Crippen LogP contribution < -0.4 is 4.89 Å². The maximum Gasteiger partial charge on any atom is 0.306 e. The molecule has 0 spiro atoms. The number of quaternary nitrogens is 1. The first-order chi connectivity index (χ1) is 25.0. The van der Waals surface area contributed by atoms with E-state index in [0.717, 1.165) is 57.8 Å². The Morgan fingerprint density at radius 1 is 0.596 bits per heavy atom. The molecule has 0 aromatic carbocycles. The highest BCUT2D eigenvalue weighted by molar-refractivity contribution is 7.45. The van der Waals surface area contributed by atoms with Crippen molar-refractivity contribution < 1.29 is 42.1 Å². The van der Waals surface area contributed by atoms with Crippen molar-refractivity contribution in [1.29, 1.82) is 0 Å². The van der Waals surface area contributed by atoms with Gasteiger partial charge in [0.25, 0.3) is 7.82 Å². The molecule has 0 aliphatic rings. The second-order valence-electron chi connectivity index (χ2n) is 14.6. The Morgan fingerprint density at radius 2 is 1.04 bits per heavy atom. The van der Waals surface area contributed by atoms with Gasteiger partial charge in [-0.2, -0.15) is 0 Å². The quantitative estimate of drug-likeness (QED) is 0.0204. The van der Waals surface area contributed by atoms with E-state index in [9.17, 15) is 19.0 Å². The number of hydrogen-bond donors (Lipinski definition) is 0. The Kier molecular flexibility index (Phi) is 33.4. The van der Waals surface area contributed by atoms with Crippen molar-refractivity contribution in [3.63, 3.8) is 0 Å². The van der Waals surface area contributed by atoms with Gasteiger partial charge < -0.3 is 27.9 Å². The number of phosphoric acid groups is 1. The third-order valence-electron chi connectivity index (χ3n) is 8.32. The van der Waals surface area contributed by atoms with Gasteiger partial charge in [-0.05, 0) is 77.0 Å². The number of ether oxygens (including phenoxy) is 2. The molecule has 2 atom stereocenters. The standard InChI is InChI=1S/C42H76NO8P/c1-6-8-10-12-14-16-18-20-21-23-25-27-29-31-33-35-42(45)51-40(39-50-52(46,47)49-37-36-43(3,4)5)38-48-41(44)34-32-30-28-26-24-22-19-17-15-13-11-9-7-2/h14,16,20-22,24-25,27,40H,6-13,15,17-19,23,26,28-39H2,1-5H3/b16-14+,21-20+,24-22+,27-25+/t40-/m1/s1. The summed E-state index contributed by atoms with van der Waals surface area (Å²) in [7, 11) is 1.13. The van der Waals surface area contributed by atoms with E-state index in [1.165, 1.54) is 57.8 Å². The molecule has 0 aromatic heterocycles. The fraction of sp³-hybridized carbons (Fsp3) is 0.762. The van der Waals surface area contributed by atoms with Gasteiger partial charge in [0.1, 0.15) is 19.8 Å². The van der Waals surface area contributed by atoms with Crippen molar-refractivity contribution in [3.8, 4) is 0 Å². The largest absolute Gasteiger partial charge is 0.756 e. The Morgan fingerprint density at radius 3 is 1.63 bits per heavy atom. The number of allylic oxidation sites excluding steroid dienone is 8. The maximum absolute atomic E-state index is 12.6. The van der Waals surface area contributed by atoms with Gasteiger partial charge in [-0.15, -0.1) is 0 Å². The average molecular weight is 754 g/mol. The van der Waals surface area contributed by atoms with Gasteiger partial charge in [0.15, 0.2) is 6.10 Å². The van der Waals surface area contributed by atoms with Crippen LogP contribution in [0.2, 0.25) is 0 Å². The molecule has 10 heteroatoms. The minimum absolute atomic E-state index is 0.0418. The first kappa shape index (κ1) is 50.0. The van der Waals surface area contributed by atoms with Crippen molar-refractivity contribution >= 4 is 19.8 Å². The van der Waals surface area contributed by atoms with Crippen molar-refractivity contribution in [1.82, 2.24) is 0 Å². The summed E-state index contributed by atoms with van der Waals surface area (Å²) in [6.07, 6.45) is 38.5. The molecular formula is C42H76NO8P. The van der Waals surface area contributed by atoms with Gasteiger partial charge in [0.05, 0.1) is 27.7 Å². The summed E-state index contributed by atoms with van der Waals surface area (Å²) in [6.45, 7) is 4.10. The Balaban J connectivity index is 4.52. The van der Waals surface area contributed by atoms with Crippen molar-refractivity contribution in [3.05, 3.63) is 48.6 Å². The number of carbonyl (C=O) groups excluding carboxylic acids is 2. The molecule has 0 aromatic rings. The number of phosphoric ester groups is 1. The van der Waals surface area contributed by atoms with Crippen LogP contribution in [0, 0.1) is 0 Å². The summed E-state index contributed by atoms with van der Waals surface area (Å²) in [5.41, 5.74) is 0. The van der Waals surface area contributed by atoms with Crippen LogP contribution in [0.4, 0.5) is 0 Å². The summed E-state index contributed by atoms with van der Waals surface area (Å²) in [5.74, 6) is -0.903. The van der Waals surface area contributed by atoms with Crippen LogP contribution in [0.3, 0.4) is 0 Å². The highest BCUT2D eigenvalue weighted by Crippen LogP contribution is 2.38. The molecule has 0 amide bonds. The SMILES string of the molecule is CCCCC/C=C/C/C=C/C/C=C/CCCCC(=O)O[C@H](COC(=O)CCCCC/C=C/CCCCCCCC)COP(=O)([O-])OCC[N+](C)(C)C. The van der Waals surface area contributed by atoms with E-state index in [1.54, 1.807) is 0 Å². The van der Waals surface area contributed by atoms with Gasteiger partial charge in [0.2, 0.25) is 0 Å². The third-order valence-corrected chi connectivity index (χ3v) is 9.29. The van der Waals surface area contributed by atoms with Crippen molar-refractivity contribution in [2.75, 3.05) is 47.5 Å². The van der Waals surface area contributed by atoms with E-state index in [1.807, 2.05) is 21.1 Å². The molecule has 0 aliphatic heterocycles. The monoisotopic (exact) mass is 754 g/mol. The van der Waals surface area contributed by atoms with Crippen molar-refractivity contribution in [2.45, 2.75) is 161 Å². The predicted octanol–water partition coefficient (Wildman–Crippen LogP) is 10.5. The second kappa shape index (κ2) is 34.7. The predicted molar refractivity (Wildman–Crippen MR) is 213 cm³/mol.